The normalized spacial score (nSPS) is 14.2. The number of ketones is 1. The fourth-order valence-corrected chi connectivity index (χ4v) is 6.94. The number of nitrogens with zero attached hydrogens (tertiary/aromatic N) is 2. The highest BCUT2D eigenvalue weighted by atomic mass is 35.5. The van der Waals surface area contributed by atoms with E-state index in [2.05, 4.69) is 9.88 Å². The topological polar surface area (TPSA) is 79.7 Å². The van der Waals surface area contributed by atoms with Gasteiger partial charge in [-0.2, -0.15) is 13.2 Å². The van der Waals surface area contributed by atoms with Gasteiger partial charge in [-0.15, -0.1) is 0 Å². The van der Waals surface area contributed by atoms with E-state index < -0.39 is 17.7 Å². The zero-order chi connectivity index (χ0) is 36.8. The molecule has 0 saturated carbocycles. The number of alkyl halides is 3. The molecule has 10 heteroatoms. The van der Waals surface area contributed by atoms with E-state index in [1.165, 1.54) is 12.1 Å². The number of aromatic carboxylic acids is 1. The third-order valence-corrected chi connectivity index (χ3v) is 9.94. The average molecular weight is 727 g/mol. The summed E-state index contributed by atoms with van der Waals surface area (Å²) in [5.41, 5.74) is 6.13. The lowest BCUT2D eigenvalue weighted by Gasteiger charge is -2.36. The highest BCUT2D eigenvalue weighted by Crippen LogP contribution is 2.35. The summed E-state index contributed by atoms with van der Waals surface area (Å²) in [7, 11) is 0. The summed E-state index contributed by atoms with van der Waals surface area (Å²) in [5.74, 6) is -0.288. The number of hydrogen-bond donors (Lipinski definition) is 1. The Kier molecular flexibility index (Phi) is 11.4. The molecule has 1 atom stereocenters. The molecule has 1 heterocycles. The van der Waals surface area contributed by atoms with Gasteiger partial charge >= 0.3 is 12.1 Å². The molecule has 6 nitrogen and oxygen atoms in total. The smallest absolute Gasteiger partial charge is 0.416 e. The van der Waals surface area contributed by atoms with Gasteiger partial charge in [-0.3, -0.25) is 9.69 Å². The number of fused-ring (bicyclic) bond motifs is 1. The molecule has 0 fully saturated rings. The van der Waals surface area contributed by atoms with Crippen molar-refractivity contribution in [3.05, 3.63) is 153 Å². The van der Waals surface area contributed by atoms with Gasteiger partial charge in [0.1, 0.15) is 18.1 Å². The van der Waals surface area contributed by atoms with Gasteiger partial charge in [0.15, 0.2) is 5.78 Å². The third-order valence-electron chi connectivity index (χ3n) is 9.59. The molecule has 1 aliphatic rings. The summed E-state index contributed by atoms with van der Waals surface area (Å²) in [4.78, 5) is 30.4. The van der Waals surface area contributed by atoms with Gasteiger partial charge < -0.3 is 9.84 Å². The minimum atomic E-state index is -4.40. The van der Waals surface area contributed by atoms with Crippen molar-refractivity contribution in [2.24, 2.45) is 0 Å². The molecule has 0 spiro atoms. The molecule has 1 unspecified atom stereocenters. The maximum absolute atomic E-state index is 13.0. The van der Waals surface area contributed by atoms with Crippen LogP contribution in [0, 0.1) is 0 Å². The summed E-state index contributed by atoms with van der Waals surface area (Å²) in [6, 6.07) is 29.5. The number of carbonyl (C=O) groups is 2. The first kappa shape index (κ1) is 36.8. The van der Waals surface area contributed by atoms with Crippen LogP contribution < -0.4 is 4.74 Å². The number of pyridine rings is 1. The fourth-order valence-electron chi connectivity index (χ4n) is 6.70. The van der Waals surface area contributed by atoms with E-state index in [1.807, 2.05) is 66.7 Å². The van der Waals surface area contributed by atoms with Crippen LogP contribution in [0.4, 0.5) is 13.2 Å². The third kappa shape index (κ3) is 8.89. The van der Waals surface area contributed by atoms with E-state index in [0.29, 0.717) is 34.7 Å². The molecule has 1 aromatic heterocycles. The van der Waals surface area contributed by atoms with Crippen molar-refractivity contribution < 1.29 is 32.6 Å². The molecule has 5 aromatic rings. The number of aromatic nitrogens is 1. The Bertz CT molecular complexity index is 2050. The van der Waals surface area contributed by atoms with Crippen LogP contribution in [0.25, 0.3) is 11.1 Å². The summed E-state index contributed by atoms with van der Waals surface area (Å²) in [6.07, 6.45) is -0.392. The highest BCUT2D eigenvalue weighted by molar-refractivity contribution is 6.31. The Hall–Kier alpha value is -4.99. The molecule has 52 heavy (non-hydrogen) atoms. The summed E-state index contributed by atoms with van der Waals surface area (Å²) in [6.45, 7) is 3.21. The molecule has 268 valence electrons. The van der Waals surface area contributed by atoms with Crippen molar-refractivity contribution in [1.29, 1.82) is 0 Å². The number of carbonyl (C=O) groups excluding carboxylic acids is 1. The molecule has 0 saturated heterocycles. The van der Waals surface area contributed by atoms with Crippen LogP contribution in [0.15, 0.2) is 103 Å². The fraction of sp³-hybridized carbons (Fsp3) is 0.262. The van der Waals surface area contributed by atoms with Gasteiger partial charge in [0, 0.05) is 41.0 Å². The molecule has 0 aliphatic heterocycles. The standard InChI is InChI=1S/C42H38ClF3N2O4/c1-27(49)29-11-9-28(10-12-29)21-23-48(39-7-4-6-37-35(39)19-20-38(47-37)41(50)51)24-22-31-5-2-3-8-40(31)52-26-33-14-13-32(25-36(33)43)30-15-17-34(18-16-30)42(44,45)46/h2-3,5,8-20,25,39H,4,6-7,21-24,26H2,1H3,(H,50,51). The van der Waals surface area contributed by atoms with Gasteiger partial charge in [0.25, 0.3) is 0 Å². The Morgan fingerprint density at radius 2 is 1.60 bits per heavy atom. The number of carboxylic acids is 1. The Labute approximate surface area is 305 Å². The molecule has 0 bridgehead atoms. The first-order valence-corrected chi connectivity index (χ1v) is 17.6. The lowest BCUT2D eigenvalue weighted by atomic mass is 9.89. The van der Waals surface area contributed by atoms with Crippen LogP contribution in [0.5, 0.6) is 5.75 Å². The molecule has 1 aliphatic carbocycles. The zero-order valence-electron chi connectivity index (χ0n) is 28.6. The van der Waals surface area contributed by atoms with Gasteiger partial charge in [-0.25, -0.2) is 9.78 Å². The lowest BCUT2D eigenvalue weighted by molar-refractivity contribution is -0.137. The SMILES string of the molecule is CC(=O)c1ccc(CCN(CCc2ccccc2OCc2ccc(-c3ccc(C(F)(F)F)cc3)cc2Cl)C2CCCc3nc(C(=O)O)ccc32)cc1. The summed E-state index contributed by atoms with van der Waals surface area (Å²) in [5, 5.41) is 9.99. The quantitative estimate of drug-likeness (QED) is 0.122. The maximum Gasteiger partial charge on any atom is 0.416 e. The average Bonchev–Trinajstić information content (AvgIpc) is 3.14. The van der Waals surface area contributed by atoms with Crippen LogP contribution in [0.2, 0.25) is 5.02 Å². The molecule has 4 aromatic carbocycles. The largest absolute Gasteiger partial charge is 0.489 e. The second kappa shape index (κ2) is 16.1. The number of Topliss-reactive ketones (excluding diaryl/α,β-unsaturated/α-hetero) is 1. The van der Waals surface area contributed by atoms with Gasteiger partial charge in [-0.1, -0.05) is 84.4 Å². The Balaban J connectivity index is 1.17. The van der Waals surface area contributed by atoms with E-state index in [0.717, 1.165) is 78.1 Å². The highest BCUT2D eigenvalue weighted by Gasteiger charge is 2.30. The second-order valence-electron chi connectivity index (χ2n) is 13.0. The van der Waals surface area contributed by atoms with Gasteiger partial charge in [0.2, 0.25) is 0 Å². The van der Waals surface area contributed by atoms with Crippen molar-refractivity contribution in [2.75, 3.05) is 13.1 Å². The van der Waals surface area contributed by atoms with Crippen LogP contribution >= 0.6 is 11.6 Å². The lowest BCUT2D eigenvalue weighted by Crippen LogP contribution is -2.35. The number of ether oxygens (including phenoxy) is 1. The van der Waals surface area contributed by atoms with Crippen LogP contribution in [0.1, 0.15) is 80.2 Å². The summed E-state index contributed by atoms with van der Waals surface area (Å²) >= 11 is 6.63. The predicted octanol–water partition coefficient (Wildman–Crippen LogP) is 10.1. The van der Waals surface area contributed by atoms with Gasteiger partial charge in [0.05, 0.1) is 5.56 Å². The van der Waals surface area contributed by atoms with Crippen LogP contribution in [-0.2, 0) is 32.0 Å². The minimum absolute atomic E-state index is 0.0264. The number of para-hydroxylation sites is 1. The van der Waals surface area contributed by atoms with E-state index in [-0.39, 0.29) is 24.1 Å². The second-order valence-corrected chi connectivity index (χ2v) is 13.4. The van der Waals surface area contributed by atoms with E-state index in [4.69, 9.17) is 16.3 Å². The molecule has 0 radical (unpaired) electrons. The Morgan fingerprint density at radius 3 is 2.29 bits per heavy atom. The first-order valence-electron chi connectivity index (χ1n) is 17.2. The Morgan fingerprint density at radius 1 is 0.885 bits per heavy atom. The number of benzene rings is 4. The maximum atomic E-state index is 13.0. The molecule has 6 rings (SSSR count). The van der Waals surface area contributed by atoms with Crippen molar-refractivity contribution >= 4 is 23.4 Å². The summed E-state index contributed by atoms with van der Waals surface area (Å²) < 4.78 is 45.4. The van der Waals surface area contributed by atoms with Crippen LogP contribution in [0.3, 0.4) is 0 Å². The molecule has 1 N–H and O–H groups in total. The van der Waals surface area contributed by atoms with E-state index in [1.54, 1.807) is 19.1 Å². The van der Waals surface area contributed by atoms with Gasteiger partial charge in [-0.05, 0) is 97.2 Å². The number of aryl methyl sites for hydroxylation is 1. The first-order chi connectivity index (χ1) is 25.0. The number of halogens is 4. The minimum Gasteiger partial charge on any atom is -0.489 e. The molecular formula is C42H38ClF3N2O4. The van der Waals surface area contributed by atoms with Crippen molar-refractivity contribution in [3.8, 4) is 16.9 Å². The number of carboxylic acid groups (broad SMARTS) is 1. The molecular weight excluding hydrogens is 689 g/mol. The van der Waals surface area contributed by atoms with Crippen molar-refractivity contribution in [3.63, 3.8) is 0 Å². The molecule has 0 amide bonds. The monoisotopic (exact) mass is 726 g/mol. The predicted molar refractivity (Wildman–Crippen MR) is 195 cm³/mol. The number of hydrogen-bond acceptors (Lipinski definition) is 5. The van der Waals surface area contributed by atoms with Crippen molar-refractivity contribution in [1.82, 2.24) is 9.88 Å². The van der Waals surface area contributed by atoms with Crippen LogP contribution in [-0.4, -0.2) is 39.8 Å². The van der Waals surface area contributed by atoms with E-state index in [9.17, 15) is 27.9 Å². The zero-order valence-corrected chi connectivity index (χ0v) is 29.4. The number of rotatable bonds is 13. The van der Waals surface area contributed by atoms with E-state index >= 15 is 0 Å². The van der Waals surface area contributed by atoms with Crippen molar-refractivity contribution in [2.45, 2.75) is 57.9 Å².